The molecule has 0 spiro atoms. The first kappa shape index (κ1) is 16.3. The lowest BCUT2D eigenvalue weighted by Gasteiger charge is -2.05. The molecule has 0 aliphatic heterocycles. The molecule has 1 heterocycles. The number of amides is 1. The van der Waals surface area contributed by atoms with Crippen LogP contribution >= 0.6 is 11.8 Å². The van der Waals surface area contributed by atoms with E-state index in [1.54, 1.807) is 25.3 Å². The highest BCUT2D eigenvalue weighted by Gasteiger charge is 2.05. The summed E-state index contributed by atoms with van der Waals surface area (Å²) in [4.78, 5) is 26.7. The predicted octanol–water partition coefficient (Wildman–Crippen LogP) is 1.22. The van der Waals surface area contributed by atoms with Crippen molar-refractivity contribution in [3.8, 4) is 0 Å². The van der Waals surface area contributed by atoms with Crippen molar-refractivity contribution in [1.29, 1.82) is 0 Å². The van der Waals surface area contributed by atoms with Crippen LogP contribution in [0.25, 0.3) is 0 Å². The number of esters is 1. The van der Waals surface area contributed by atoms with Gasteiger partial charge in [0.05, 0.1) is 29.3 Å². The molecule has 0 aromatic carbocycles. The van der Waals surface area contributed by atoms with Gasteiger partial charge in [-0.3, -0.25) is 9.59 Å². The number of hydrogen-bond donors (Lipinski definition) is 2. The first-order valence-corrected chi connectivity index (χ1v) is 7.37. The number of nitrogens with one attached hydrogen (secondary N) is 1. The Morgan fingerprint density at radius 1 is 1.45 bits per heavy atom. The number of carbonyl (C=O) groups excluding carboxylic acids is 2. The second kappa shape index (κ2) is 9.19. The fourth-order valence-corrected chi connectivity index (χ4v) is 2.03. The van der Waals surface area contributed by atoms with E-state index in [1.807, 2.05) is 0 Å². The Morgan fingerprint density at radius 2 is 2.25 bits per heavy atom. The van der Waals surface area contributed by atoms with E-state index in [-0.39, 0.29) is 17.6 Å². The molecule has 0 atom stereocenters. The van der Waals surface area contributed by atoms with Crippen molar-refractivity contribution < 1.29 is 14.3 Å². The average Bonchev–Trinajstić information content (AvgIpc) is 2.43. The Kier molecular flexibility index (Phi) is 7.49. The van der Waals surface area contributed by atoms with E-state index in [1.165, 1.54) is 11.8 Å². The highest BCUT2D eigenvalue weighted by Crippen LogP contribution is 2.15. The highest BCUT2D eigenvalue weighted by molar-refractivity contribution is 7.99. The van der Waals surface area contributed by atoms with Crippen LogP contribution < -0.4 is 11.1 Å². The normalized spacial score (nSPS) is 10.1. The van der Waals surface area contributed by atoms with Crippen molar-refractivity contribution in [3.63, 3.8) is 0 Å². The Hall–Kier alpha value is -1.76. The van der Waals surface area contributed by atoms with Gasteiger partial charge >= 0.3 is 5.97 Å². The summed E-state index contributed by atoms with van der Waals surface area (Å²) in [7, 11) is 0. The molecule has 1 aromatic rings. The summed E-state index contributed by atoms with van der Waals surface area (Å²) >= 11 is 1.34. The average molecular weight is 297 g/mol. The second-order valence-electron chi connectivity index (χ2n) is 3.98. The number of ether oxygens (including phenoxy) is 1. The smallest absolute Gasteiger partial charge is 0.305 e. The van der Waals surface area contributed by atoms with Crippen molar-refractivity contribution in [2.24, 2.45) is 0 Å². The summed E-state index contributed by atoms with van der Waals surface area (Å²) in [5, 5.41) is 3.49. The molecule has 0 fully saturated rings. The van der Waals surface area contributed by atoms with Crippen LogP contribution in [-0.2, 0) is 14.3 Å². The van der Waals surface area contributed by atoms with E-state index < -0.39 is 0 Å². The molecule has 1 amide bonds. The highest BCUT2D eigenvalue weighted by atomic mass is 32.2. The molecule has 0 aliphatic carbocycles. The number of nitrogen functional groups attached to an aromatic ring is 1. The van der Waals surface area contributed by atoms with Crippen LogP contribution in [0.5, 0.6) is 0 Å². The van der Waals surface area contributed by atoms with Crippen LogP contribution in [0, 0.1) is 0 Å². The first-order chi connectivity index (χ1) is 9.61. The van der Waals surface area contributed by atoms with Crippen molar-refractivity contribution >= 4 is 29.3 Å². The van der Waals surface area contributed by atoms with Crippen LogP contribution in [0.15, 0.2) is 23.4 Å². The van der Waals surface area contributed by atoms with Gasteiger partial charge in [-0.1, -0.05) is 11.8 Å². The zero-order valence-electron chi connectivity index (χ0n) is 11.4. The van der Waals surface area contributed by atoms with Crippen LogP contribution in [0.4, 0.5) is 5.69 Å². The molecule has 7 heteroatoms. The maximum absolute atomic E-state index is 11.6. The number of aromatic nitrogens is 1. The molecule has 1 aromatic heterocycles. The first-order valence-electron chi connectivity index (χ1n) is 6.38. The summed E-state index contributed by atoms with van der Waals surface area (Å²) in [6.45, 7) is 2.62. The molecule has 0 radical (unpaired) electrons. The van der Waals surface area contributed by atoms with E-state index in [9.17, 15) is 9.59 Å². The topological polar surface area (TPSA) is 94.3 Å². The number of rotatable bonds is 8. The van der Waals surface area contributed by atoms with E-state index in [0.29, 0.717) is 31.7 Å². The van der Waals surface area contributed by atoms with Crippen molar-refractivity contribution in [2.45, 2.75) is 24.8 Å². The zero-order chi connectivity index (χ0) is 14.8. The lowest BCUT2D eigenvalue weighted by Crippen LogP contribution is -2.26. The molecule has 1 rings (SSSR count). The number of hydrogen-bond acceptors (Lipinski definition) is 6. The Labute approximate surface area is 122 Å². The maximum Gasteiger partial charge on any atom is 0.305 e. The summed E-state index contributed by atoms with van der Waals surface area (Å²) < 4.78 is 4.79. The van der Waals surface area contributed by atoms with E-state index in [0.717, 1.165) is 5.03 Å². The van der Waals surface area contributed by atoms with Gasteiger partial charge in [0.15, 0.2) is 0 Å². The number of nitrogens with zero attached hydrogens (tertiary/aromatic N) is 1. The van der Waals surface area contributed by atoms with Crippen molar-refractivity contribution in [1.82, 2.24) is 10.3 Å². The van der Waals surface area contributed by atoms with Crippen LogP contribution in [0.3, 0.4) is 0 Å². The third kappa shape index (κ3) is 6.98. The number of nitrogens with two attached hydrogens (primary N) is 1. The Balaban J connectivity index is 2.11. The Morgan fingerprint density at radius 3 is 2.90 bits per heavy atom. The standard InChI is InChI=1S/C13H19N3O3S/c1-2-19-13(18)4-3-7-15-11(17)9-20-12-6-5-10(14)8-16-12/h5-6,8H,2-4,7,9,14H2,1H3,(H,15,17). The Bertz CT molecular complexity index is 437. The minimum atomic E-state index is -0.234. The lowest BCUT2D eigenvalue weighted by atomic mass is 10.3. The minimum Gasteiger partial charge on any atom is -0.466 e. The fraction of sp³-hybridized carbons (Fsp3) is 0.462. The second-order valence-corrected chi connectivity index (χ2v) is 4.97. The van der Waals surface area contributed by atoms with E-state index in [4.69, 9.17) is 10.5 Å². The molecule has 0 saturated carbocycles. The van der Waals surface area contributed by atoms with Gasteiger partial charge in [0.1, 0.15) is 0 Å². The molecule has 0 aliphatic rings. The van der Waals surface area contributed by atoms with Gasteiger partial charge in [0.2, 0.25) is 5.91 Å². The lowest BCUT2D eigenvalue weighted by molar-refractivity contribution is -0.143. The van der Waals surface area contributed by atoms with Gasteiger partial charge in [0, 0.05) is 13.0 Å². The molecule has 110 valence electrons. The minimum absolute atomic E-state index is 0.0857. The third-order valence-electron chi connectivity index (χ3n) is 2.30. The summed E-state index contributed by atoms with van der Waals surface area (Å²) in [6, 6.07) is 3.51. The zero-order valence-corrected chi connectivity index (χ0v) is 12.2. The number of pyridine rings is 1. The largest absolute Gasteiger partial charge is 0.466 e. The van der Waals surface area contributed by atoms with Gasteiger partial charge < -0.3 is 15.8 Å². The van der Waals surface area contributed by atoms with Crippen molar-refractivity contribution in [2.75, 3.05) is 24.6 Å². The SMILES string of the molecule is CCOC(=O)CCCNC(=O)CSc1ccc(N)cn1. The van der Waals surface area contributed by atoms with Gasteiger partial charge in [-0.15, -0.1) is 0 Å². The van der Waals surface area contributed by atoms with Gasteiger partial charge in [-0.05, 0) is 25.5 Å². The molecule has 0 saturated heterocycles. The molecule has 0 bridgehead atoms. The number of thioether (sulfide) groups is 1. The molecule has 0 unspecified atom stereocenters. The molecular formula is C13H19N3O3S. The quantitative estimate of drug-likeness (QED) is 0.425. The van der Waals surface area contributed by atoms with Crippen molar-refractivity contribution in [3.05, 3.63) is 18.3 Å². The van der Waals surface area contributed by atoms with Gasteiger partial charge in [0.25, 0.3) is 0 Å². The van der Waals surface area contributed by atoms with E-state index in [2.05, 4.69) is 10.3 Å². The van der Waals surface area contributed by atoms with Gasteiger partial charge in [-0.25, -0.2) is 4.98 Å². The molecule has 3 N–H and O–H groups in total. The predicted molar refractivity (Wildman–Crippen MR) is 78.3 cm³/mol. The van der Waals surface area contributed by atoms with E-state index >= 15 is 0 Å². The van der Waals surface area contributed by atoms with Crippen LogP contribution in [-0.4, -0.2) is 35.8 Å². The summed E-state index contributed by atoms with van der Waals surface area (Å²) in [5.74, 6) is -0.0317. The summed E-state index contributed by atoms with van der Waals surface area (Å²) in [5.41, 5.74) is 6.12. The number of carbonyl (C=O) groups is 2. The van der Waals surface area contributed by atoms with Gasteiger partial charge in [-0.2, -0.15) is 0 Å². The fourth-order valence-electron chi connectivity index (χ4n) is 1.36. The maximum atomic E-state index is 11.6. The molecule has 20 heavy (non-hydrogen) atoms. The monoisotopic (exact) mass is 297 g/mol. The molecule has 6 nitrogen and oxygen atoms in total. The van der Waals surface area contributed by atoms with Crippen LogP contribution in [0.2, 0.25) is 0 Å². The third-order valence-corrected chi connectivity index (χ3v) is 3.24. The molecular weight excluding hydrogens is 278 g/mol. The summed E-state index contributed by atoms with van der Waals surface area (Å²) in [6.07, 6.45) is 2.45. The van der Waals surface area contributed by atoms with Crippen LogP contribution in [0.1, 0.15) is 19.8 Å². The number of anilines is 1.